The van der Waals surface area contributed by atoms with Crippen LogP contribution in [-0.4, -0.2) is 20.0 Å². The van der Waals surface area contributed by atoms with Crippen LogP contribution in [0, 0.1) is 5.82 Å². The van der Waals surface area contributed by atoms with Gasteiger partial charge in [0.25, 0.3) is 5.91 Å². The normalized spacial score (nSPS) is 10.2. The van der Waals surface area contributed by atoms with Crippen molar-refractivity contribution in [2.24, 2.45) is 0 Å². The van der Waals surface area contributed by atoms with Gasteiger partial charge in [-0.05, 0) is 52.3 Å². The van der Waals surface area contributed by atoms with Crippen LogP contribution in [0.15, 0.2) is 46.9 Å². The Hall–Kier alpha value is -1.88. The lowest BCUT2D eigenvalue weighted by atomic mass is 10.2. The van der Waals surface area contributed by atoms with E-state index in [9.17, 15) is 9.18 Å². The summed E-state index contributed by atoms with van der Waals surface area (Å²) in [6, 6.07) is 11.5. The first-order valence-electron chi connectivity index (χ1n) is 6.01. The number of nitrogens with zero attached hydrogens (tertiary/aromatic N) is 1. The number of amides is 1. The lowest BCUT2D eigenvalue weighted by Gasteiger charge is -2.14. The van der Waals surface area contributed by atoms with Crippen LogP contribution < -0.4 is 10.2 Å². The number of halogens is 2. The second-order valence-corrected chi connectivity index (χ2v) is 5.38. The minimum atomic E-state index is -0.444. The topological polar surface area (TPSA) is 32.3 Å². The number of nitrogens with one attached hydrogen (secondary N) is 1. The molecular weight excluding hydrogens is 323 g/mol. The molecule has 5 heteroatoms. The third-order valence-electron chi connectivity index (χ3n) is 2.79. The molecule has 0 saturated heterocycles. The van der Waals surface area contributed by atoms with Crippen molar-refractivity contribution in [3.8, 4) is 0 Å². The van der Waals surface area contributed by atoms with Gasteiger partial charge in [0.15, 0.2) is 0 Å². The predicted octanol–water partition coefficient (Wildman–Crippen LogP) is 3.91. The van der Waals surface area contributed by atoms with E-state index in [4.69, 9.17) is 0 Å². The van der Waals surface area contributed by atoms with E-state index < -0.39 is 5.82 Å². The summed E-state index contributed by atoms with van der Waals surface area (Å²) in [7, 11) is 3.84. The number of rotatable bonds is 3. The summed E-state index contributed by atoms with van der Waals surface area (Å²) in [6.45, 7) is 0. The molecule has 0 fully saturated rings. The number of hydrogen-bond acceptors (Lipinski definition) is 2. The van der Waals surface area contributed by atoms with Gasteiger partial charge in [0, 0.05) is 29.9 Å². The van der Waals surface area contributed by atoms with E-state index in [1.807, 2.05) is 37.2 Å². The Balaban J connectivity index is 2.23. The van der Waals surface area contributed by atoms with Crippen LogP contribution in [0.2, 0.25) is 0 Å². The van der Waals surface area contributed by atoms with Gasteiger partial charge in [-0.25, -0.2) is 4.39 Å². The molecule has 0 aliphatic heterocycles. The SMILES string of the molecule is CN(C)c1cccc(NC(=O)c2cc(F)ccc2Br)c1. The van der Waals surface area contributed by atoms with E-state index in [1.54, 1.807) is 6.07 Å². The maximum Gasteiger partial charge on any atom is 0.256 e. The van der Waals surface area contributed by atoms with Gasteiger partial charge in [0.05, 0.1) is 5.56 Å². The van der Waals surface area contributed by atoms with Crippen LogP contribution in [-0.2, 0) is 0 Å². The first kappa shape index (κ1) is 14.5. The summed E-state index contributed by atoms with van der Waals surface area (Å²) in [5, 5.41) is 2.76. The van der Waals surface area contributed by atoms with Gasteiger partial charge in [0.1, 0.15) is 5.82 Å². The first-order valence-corrected chi connectivity index (χ1v) is 6.80. The van der Waals surface area contributed by atoms with Crippen molar-refractivity contribution in [1.82, 2.24) is 0 Å². The van der Waals surface area contributed by atoms with E-state index in [-0.39, 0.29) is 11.5 Å². The standard InChI is InChI=1S/C15H14BrFN2O/c1-19(2)12-5-3-4-11(9-12)18-15(20)13-8-10(17)6-7-14(13)16/h3-9H,1-2H3,(H,18,20). The van der Waals surface area contributed by atoms with Crippen LogP contribution in [0.5, 0.6) is 0 Å². The van der Waals surface area contributed by atoms with Gasteiger partial charge < -0.3 is 10.2 Å². The maximum atomic E-state index is 13.2. The van der Waals surface area contributed by atoms with Crippen molar-refractivity contribution in [3.05, 3.63) is 58.3 Å². The van der Waals surface area contributed by atoms with Crippen molar-refractivity contribution in [1.29, 1.82) is 0 Å². The number of anilines is 2. The molecule has 2 aromatic rings. The molecule has 3 nitrogen and oxygen atoms in total. The Bertz CT molecular complexity index is 644. The maximum absolute atomic E-state index is 13.2. The van der Waals surface area contributed by atoms with Crippen molar-refractivity contribution in [2.75, 3.05) is 24.3 Å². The molecule has 0 saturated carbocycles. The molecule has 0 bridgehead atoms. The van der Waals surface area contributed by atoms with Gasteiger partial charge >= 0.3 is 0 Å². The quantitative estimate of drug-likeness (QED) is 0.921. The largest absolute Gasteiger partial charge is 0.378 e. The Morgan fingerprint density at radius 3 is 2.65 bits per heavy atom. The van der Waals surface area contributed by atoms with Crippen LogP contribution in [0.25, 0.3) is 0 Å². The van der Waals surface area contributed by atoms with Gasteiger partial charge in [0.2, 0.25) is 0 Å². The zero-order valence-corrected chi connectivity index (χ0v) is 12.7. The number of carbonyl (C=O) groups is 1. The van der Waals surface area contributed by atoms with Crippen molar-refractivity contribution < 1.29 is 9.18 Å². The van der Waals surface area contributed by atoms with E-state index >= 15 is 0 Å². The number of benzene rings is 2. The fourth-order valence-electron chi connectivity index (χ4n) is 1.73. The second-order valence-electron chi connectivity index (χ2n) is 4.52. The summed E-state index contributed by atoms with van der Waals surface area (Å²) >= 11 is 3.25. The zero-order valence-electron chi connectivity index (χ0n) is 11.2. The third-order valence-corrected chi connectivity index (χ3v) is 3.48. The van der Waals surface area contributed by atoms with E-state index in [0.29, 0.717) is 10.2 Å². The highest BCUT2D eigenvalue weighted by atomic mass is 79.9. The van der Waals surface area contributed by atoms with Crippen molar-refractivity contribution in [3.63, 3.8) is 0 Å². The van der Waals surface area contributed by atoms with Crippen LogP contribution in [0.1, 0.15) is 10.4 Å². The molecule has 2 aromatic carbocycles. The molecular formula is C15H14BrFN2O. The lowest BCUT2D eigenvalue weighted by Crippen LogP contribution is -2.14. The molecule has 0 heterocycles. The predicted molar refractivity (Wildman–Crippen MR) is 82.8 cm³/mol. The Morgan fingerprint density at radius 1 is 1.20 bits per heavy atom. The monoisotopic (exact) mass is 336 g/mol. The van der Waals surface area contributed by atoms with Gasteiger partial charge in [-0.1, -0.05) is 6.07 Å². The van der Waals surface area contributed by atoms with E-state index in [2.05, 4.69) is 21.2 Å². The van der Waals surface area contributed by atoms with Crippen LogP contribution in [0.3, 0.4) is 0 Å². The van der Waals surface area contributed by atoms with Crippen LogP contribution in [0.4, 0.5) is 15.8 Å². The molecule has 0 atom stereocenters. The molecule has 0 aliphatic carbocycles. The molecule has 1 N–H and O–H groups in total. The number of hydrogen-bond donors (Lipinski definition) is 1. The molecule has 2 rings (SSSR count). The molecule has 0 spiro atoms. The summed E-state index contributed by atoms with van der Waals surface area (Å²) in [6.07, 6.45) is 0. The Kier molecular flexibility index (Phi) is 4.39. The van der Waals surface area contributed by atoms with Crippen molar-refractivity contribution >= 4 is 33.2 Å². The Morgan fingerprint density at radius 2 is 1.95 bits per heavy atom. The fraction of sp³-hybridized carbons (Fsp3) is 0.133. The van der Waals surface area contributed by atoms with Crippen molar-refractivity contribution in [2.45, 2.75) is 0 Å². The summed E-state index contributed by atoms with van der Waals surface area (Å²) in [5.41, 5.74) is 1.90. The molecule has 104 valence electrons. The average Bonchev–Trinajstić information content (AvgIpc) is 2.41. The first-order chi connectivity index (χ1) is 9.47. The van der Waals surface area contributed by atoms with E-state index in [1.165, 1.54) is 18.2 Å². The molecule has 0 aromatic heterocycles. The minimum absolute atomic E-state index is 0.264. The summed E-state index contributed by atoms with van der Waals surface area (Å²) in [4.78, 5) is 14.1. The molecule has 0 radical (unpaired) electrons. The molecule has 0 aliphatic rings. The van der Waals surface area contributed by atoms with Crippen LogP contribution >= 0.6 is 15.9 Å². The van der Waals surface area contributed by atoms with Gasteiger partial charge in [-0.15, -0.1) is 0 Å². The zero-order chi connectivity index (χ0) is 14.7. The number of carbonyl (C=O) groups excluding carboxylic acids is 1. The molecule has 0 unspecified atom stereocenters. The Labute approximate surface area is 125 Å². The lowest BCUT2D eigenvalue weighted by molar-refractivity contribution is 0.102. The highest BCUT2D eigenvalue weighted by Crippen LogP contribution is 2.21. The van der Waals surface area contributed by atoms with Gasteiger partial charge in [-0.3, -0.25) is 4.79 Å². The minimum Gasteiger partial charge on any atom is -0.378 e. The highest BCUT2D eigenvalue weighted by molar-refractivity contribution is 9.10. The summed E-state index contributed by atoms with van der Waals surface area (Å²) in [5.74, 6) is -0.798. The summed E-state index contributed by atoms with van der Waals surface area (Å²) < 4.78 is 13.8. The fourth-order valence-corrected chi connectivity index (χ4v) is 2.16. The third kappa shape index (κ3) is 3.36. The highest BCUT2D eigenvalue weighted by Gasteiger charge is 2.11. The molecule has 20 heavy (non-hydrogen) atoms. The second kappa shape index (κ2) is 6.05. The average molecular weight is 337 g/mol. The van der Waals surface area contributed by atoms with Gasteiger partial charge in [-0.2, -0.15) is 0 Å². The van der Waals surface area contributed by atoms with E-state index in [0.717, 1.165) is 5.69 Å². The molecule has 1 amide bonds. The smallest absolute Gasteiger partial charge is 0.256 e.